The highest BCUT2D eigenvalue weighted by atomic mass is 16.5. The molecular weight excluding hydrogens is 334 g/mol. The molecule has 138 valence electrons. The molecule has 1 aliphatic rings. The minimum Gasteiger partial charge on any atom is -0.480 e. The Bertz CT molecular complexity index is 759. The van der Waals surface area contributed by atoms with Gasteiger partial charge in [0, 0.05) is 32.0 Å². The number of hydrogen-bond acceptors (Lipinski definition) is 4. The summed E-state index contributed by atoms with van der Waals surface area (Å²) in [6.45, 7) is 0.545. The molecule has 1 aliphatic heterocycles. The van der Waals surface area contributed by atoms with Crippen LogP contribution < -0.4 is 10.2 Å². The van der Waals surface area contributed by atoms with Crippen LogP contribution in [-0.4, -0.2) is 40.4 Å². The van der Waals surface area contributed by atoms with Crippen molar-refractivity contribution in [2.45, 2.75) is 31.5 Å². The number of alkyl carbamates (subject to hydrolysis) is 1. The second-order valence-corrected chi connectivity index (χ2v) is 6.47. The average Bonchev–Trinajstić information content (AvgIpc) is 3.24. The summed E-state index contributed by atoms with van der Waals surface area (Å²) in [5.74, 6) is -0.844. The molecule has 26 heavy (non-hydrogen) atoms. The summed E-state index contributed by atoms with van der Waals surface area (Å²) in [5.41, 5.74) is 1.77. The van der Waals surface area contributed by atoms with Gasteiger partial charge in [-0.05, 0) is 24.5 Å². The number of carboxylic acids is 1. The van der Waals surface area contributed by atoms with Crippen LogP contribution in [0.25, 0.3) is 0 Å². The van der Waals surface area contributed by atoms with Gasteiger partial charge in [-0.3, -0.25) is 0 Å². The number of nitrogens with one attached hydrogen (secondary N) is 1. The Morgan fingerprint density at radius 3 is 2.65 bits per heavy atom. The van der Waals surface area contributed by atoms with Crippen molar-refractivity contribution in [3.8, 4) is 0 Å². The smallest absolute Gasteiger partial charge is 0.407 e. The molecule has 1 amide bonds. The minimum atomic E-state index is -0.844. The Morgan fingerprint density at radius 1 is 1.23 bits per heavy atom. The maximum atomic E-state index is 12.0. The molecule has 0 radical (unpaired) electrons. The number of carbonyl (C=O) groups excluding carboxylic acids is 1. The van der Waals surface area contributed by atoms with Gasteiger partial charge >= 0.3 is 12.1 Å². The first-order chi connectivity index (χ1) is 12.5. The second kappa shape index (κ2) is 7.95. The van der Waals surface area contributed by atoms with Gasteiger partial charge in [-0.15, -0.1) is 0 Å². The van der Waals surface area contributed by atoms with E-state index < -0.39 is 18.1 Å². The van der Waals surface area contributed by atoms with E-state index in [-0.39, 0.29) is 12.6 Å². The van der Waals surface area contributed by atoms with Crippen LogP contribution >= 0.6 is 0 Å². The lowest BCUT2D eigenvalue weighted by molar-refractivity contribution is -0.138. The molecule has 2 atom stereocenters. The van der Waals surface area contributed by atoms with Crippen LogP contribution in [0.1, 0.15) is 18.4 Å². The zero-order valence-electron chi connectivity index (χ0n) is 14.7. The van der Waals surface area contributed by atoms with E-state index in [0.29, 0.717) is 19.4 Å². The predicted molar refractivity (Wildman–Crippen MR) is 97.0 cm³/mol. The van der Waals surface area contributed by atoms with Crippen molar-refractivity contribution in [3.05, 3.63) is 54.4 Å². The Labute approximate surface area is 152 Å². The van der Waals surface area contributed by atoms with Gasteiger partial charge in [0.2, 0.25) is 0 Å². The summed E-state index contributed by atoms with van der Waals surface area (Å²) < 4.78 is 7.10. The highest BCUT2D eigenvalue weighted by Crippen LogP contribution is 2.30. The molecular formula is C19H23N3O4. The van der Waals surface area contributed by atoms with E-state index in [2.05, 4.69) is 5.32 Å². The second-order valence-electron chi connectivity index (χ2n) is 6.47. The normalized spacial score (nSPS) is 19.3. The Hall–Kier alpha value is -2.96. The van der Waals surface area contributed by atoms with E-state index >= 15 is 0 Å². The van der Waals surface area contributed by atoms with Crippen molar-refractivity contribution in [1.82, 2.24) is 9.88 Å². The van der Waals surface area contributed by atoms with Crippen molar-refractivity contribution in [2.24, 2.45) is 7.05 Å². The summed E-state index contributed by atoms with van der Waals surface area (Å²) in [6.07, 6.45) is 4.52. The number of aliphatic carboxylic acids is 1. The number of nitrogens with zero attached hydrogens (tertiary/aromatic N) is 2. The number of aryl methyl sites for hydroxylation is 1. The van der Waals surface area contributed by atoms with E-state index in [4.69, 9.17) is 4.74 Å². The number of hydrogen-bond donors (Lipinski definition) is 2. The molecule has 2 heterocycles. The summed E-state index contributed by atoms with van der Waals surface area (Å²) in [6, 6.07) is 10.7. The quantitative estimate of drug-likeness (QED) is 0.829. The Morgan fingerprint density at radius 2 is 2.00 bits per heavy atom. The van der Waals surface area contributed by atoms with Gasteiger partial charge in [0.1, 0.15) is 12.6 Å². The number of anilines is 1. The van der Waals surface area contributed by atoms with Gasteiger partial charge in [-0.1, -0.05) is 30.3 Å². The molecule has 1 aromatic carbocycles. The molecule has 0 spiro atoms. The Balaban J connectivity index is 1.57. The molecule has 0 saturated carbocycles. The van der Waals surface area contributed by atoms with Crippen molar-refractivity contribution >= 4 is 17.7 Å². The topological polar surface area (TPSA) is 83.8 Å². The van der Waals surface area contributed by atoms with Crippen LogP contribution in [0.5, 0.6) is 0 Å². The number of benzene rings is 1. The summed E-state index contributed by atoms with van der Waals surface area (Å²) in [7, 11) is 1.89. The van der Waals surface area contributed by atoms with Crippen LogP contribution in [0.3, 0.4) is 0 Å². The lowest BCUT2D eigenvalue weighted by Gasteiger charge is -2.29. The molecule has 0 unspecified atom stereocenters. The SMILES string of the molecule is Cn1ccc(N2[C@H](CNC(=O)OCc3ccccc3)CC[C@@H]2C(=O)O)c1. The molecule has 2 aromatic rings. The third-order valence-electron chi connectivity index (χ3n) is 4.60. The molecule has 3 rings (SSSR count). The fraction of sp³-hybridized carbons (Fsp3) is 0.368. The van der Waals surface area contributed by atoms with Crippen molar-refractivity contribution in [2.75, 3.05) is 11.4 Å². The summed E-state index contributed by atoms with van der Waals surface area (Å²) >= 11 is 0. The third-order valence-corrected chi connectivity index (χ3v) is 4.60. The monoisotopic (exact) mass is 357 g/mol. The molecule has 7 nitrogen and oxygen atoms in total. The molecule has 7 heteroatoms. The van der Waals surface area contributed by atoms with E-state index in [0.717, 1.165) is 11.3 Å². The Kier molecular flexibility index (Phi) is 5.46. The summed E-state index contributed by atoms with van der Waals surface area (Å²) in [5, 5.41) is 12.3. The first-order valence-corrected chi connectivity index (χ1v) is 8.62. The predicted octanol–water partition coefficient (Wildman–Crippen LogP) is 2.37. The van der Waals surface area contributed by atoms with Crippen molar-refractivity contribution in [3.63, 3.8) is 0 Å². The van der Waals surface area contributed by atoms with Gasteiger partial charge in [0.25, 0.3) is 0 Å². The summed E-state index contributed by atoms with van der Waals surface area (Å²) in [4.78, 5) is 25.4. The first-order valence-electron chi connectivity index (χ1n) is 8.62. The number of rotatable bonds is 6. The van der Waals surface area contributed by atoms with E-state index in [9.17, 15) is 14.7 Å². The van der Waals surface area contributed by atoms with Crippen molar-refractivity contribution < 1.29 is 19.4 Å². The van der Waals surface area contributed by atoms with E-state index in [1.54, 1.807) is 0 Å². The van der Waals surface area contributed by atoms with Gasteiger partial charge in [0.15, 0.2) is 0 Å². The third kappa shape index (κ3) is 4.17. The maximum Gasteiger partial charge on any atom is 0.407 e. The molecule has 1 aromatic heterocycles. The van der Waals surface area contributed by atoms with Crippen LogP contribution in [0.15, 0.2) is 48.8 Å². The van der Waals surface area contributed by atoms with Crippen molar-refractivity contribution in [1.29, 1.82) is 0 Å². The fourth-order valence-electron chi connectivity index (χ4n) is 3.33. The number of carbonyl (C=O) groups is 2. The lowest BCUT2D eigenvalue weighted by Crippen LogP contribution is -2.46. The van der Waals surface area contributed by atoms with E-state index in [1.807, 2.05) is 65.3 Å². The highest BCUT2D eigenvalue weighted by molar-refractivity contribution is 5.79. The maximum absolute atomic E-state index is 12.0. The standard InChI is InChI=1S/C19H23N3O4/c1-21-10-9-16(12-21)22-15(7-8-17(22)18(23)24)11-20-19(25)26-13-14-5-3-2-4-6-14/h2-6,9-10,12,15,17H,7-8,11,13H2,1H3,(H,20,25)(H,23,24)/t15-,17+/m0/s1. The van der Waals surface area contributed by atoms with Gasteiger partial charge < -0.3 is 24.6 Å². The van der Waals surface area contributed by atoms with Gasteiger partial charge in [0.05, 0.1) is 5.69 Å². The minimum absolute atomic E-state index is 0.0808. The highest BCUT2D eigenvalue weighted by Gasteiger charge is 2.38. The lowest BCUT2D eigenvalue weighted by atomic mass is 10.2. The molecule has 1 saturated heterocycles. The molecule has 2 N–H and O–H groups in total. The average molecular weight is 357 g/mol. The zero-order chi connectivity index (χ0) is 18.5. The number of carboxylic acid groups (broad SMARTS) is 1. The molecule has 0 aliphatic carbocycles. The van der Waals surface area contributed by atoms with Crippen LogP contribution in [-0.2, 0) is 23.2 Å². The zero-order valence-corrected chi connectivity index (χ0v) is 14.7. The number of aromatic nitrogens is 1. The largest absolute Gasteiger partial charge is 0.480 e. The molecule has 1 fully saturated rings. The fourth-order valence-corrected chi connectivity index (χ4v) is 3.33. The first kappa shape index (κ1) is 17.8. The van der Waals surface area contributed by atoms with Crippen LogP contribution in [0, 0.1) is 0 Å². The van der Waals surface area contributed by atoms with Gasteiger partial charge in [-0.2, -0.15) is 0 Å². The van der Waals surface area contributed by atoms with Crippen LogP contribution in [0.2, 0.25) is 0 Å². The van der Waals surface area contributed by atoms with E-state index in [1.165, 1.54) is 0 Å². The van der Waals surface area contributed by atoms with Crippen LogP contribution in [0.4, 0.5) is 10.5 Å². The number of amides is 1. The number of ether oxygens (including phenoxy) is 1. The van der Waals surface area contributed by atoms with Gasteiger partial charge in [-0.25, -0.2) is 9.59 Å². The molecule has 0 bridgehead atoms.